The van der Waals surface area contributed by atoms with Crippen LogP contribution in [0.3, 0.4) is 0 Å². The number of rotatable bonds is 3. The molecule has 1 aliphatic heterocycles. The Morgan fingerprint density at radius 1 is 1.31 bits per heavy atom. The zero-order valence-electron chi connectivity index (χ0n) is 9.19. The largest absolute Gasteiger partial charge is 0.491 e. The highest BCUT2D eigenvalue weighted by Crippen LogP contribution is 2.17. The number of hydrogen-bond acceptors (Lipinski definition) is 3. The van der Waals surface area contributed by atoms with Crippen molar-refractivity contribution >= 4 is 15.9 Å². The summed E-state index contributed by atoms with van der Waals surface area (Å²) in [5.74, 6) is 0.852. The van der Waals surface area contributed by atoms with Crippen LogP contribution in [0.5, 0.6) is 5.75 Å². The van der Waals surface area contributed by atoms with Crippen molar-refractivity contribution in [2.24, 2.45) is 0 Å². The van der Waals surface area contributed by atoms with Crippen LogP contribution in [0.15, 0.2) is 28.7 Å². The standard InChI is InChI=1S/C12H15BrO3/c1-9-6-14-7-12(16-9)8-15-11-4-2-10(13)3-5-11/h2-5,9,12H,6-8H2,1H3. The van der Waals surface area contributed by atoms with Crippen LogP contribution in [-0.2, 0) is 9.47 Å². The fourth-order valence-corrected chi connectivity index (χ4v) is 1.84. The number of ether oxygens (including phenoxy) is 3. The summed E-state index contributed by atoms with van der Waals surface area (Å²) >= 11 is 3.38. The second-order valence-electron chi connectivity index (χ2n) is 3.87. The molecule has 2 atom stereocenters. The molecule has 3 nitrogen and oxygen atoms in total. The monoisotopic (exact) mass is 286 g/mol. The quantitative estimate of drug-likeness (QED) is 0.855. The fraction of sp³-hybridized carbons (Fsp3) is 0.500. The zero-order chi connectivity index (χ0) is 11.4. The fourth-order valence-electron chi connectivity index (χ4n) is 1.58. The highest BCUT2D eigenvalue weighted by atomic mass is 79.9. The van der Waals surface area contributed by atoms with Crippen LogP contribution in [0.4, 0.5) is 0 Å². The SMILES string of the molecule is CC1COCC(COc2ccc(Br)cc2)O1. The van der Waals surface area contributed by atoms with Crippen molar-refractivity contribution in [1.82, 2.24) is 0 Å². The molecule has 4 heteroatoms. The zero-order valence-corrected chi connectivity index (χ0v) is 10.8. The summed E-state index contributed by atoms with van der Waals surface area (Å²) in [6.07, 6.45) is 0.194. The van der Waals surface area contributed by atoms with Crippen LogP contribution >= 0.6 is 15.9 Å². The van der Waals surface area contributed by atoms with Gasteiger partial charge in [0.05, 0.1) is 19.3 Å². The van der Waals surface area contributed by atoms with Crippen LogP contribution in [0.1, 0.15) is 6.92 Å². The van der Waals surface area contributed by atoms with E-state index in [1.807, 2.05) is 31.2 Å². The Morgan fingerprint density at radius 3 is 2.75 bits per heavy atom. The molecule has 1 heterocycles. The minimum absolute atomic E-state index is 0.0346. The van der Waals surface area contributed by atoms with Crippen molar-refractivity contribution in [2.45, 2.75) is 19.1 Å². The molecule has 0 spiro atoms. The summed E-state index contributed by atoms with van der Waals surface area (Å²) in [5.41, 5.74) is 0. The summed E-state index contributed by atoms with van der Waals surface area (Å²) in [4.78, 5) is 0. The lowest BCUT2D eigenvalue weighted by Crippen LogP contribution is -2.38. The van der Waals surface area contributed by atoms with Crippen LogP contribution in [0, 0.1) is 0 Å². The van der Waals surface area contributed by atoms with Gasteiger partial charge in [-0.25, -0.2) is 0 Å². The topological polar surface area (TPSA) is 27.7 Å². The molecule has 0 bridgehead atoms. The van der Waals surface area contributed by atoms with Crippen LogP contribution in [0.2, 0.25) is 0 Å². The molecule has 1 aromatic rings. The third-order valence-corrected chi connectivity index (χ3v) is 2.86. The van der Waals surface area contributed by atoms with E-state index in [1.54, 1.807) is 0 Å². The first-order valence-corrected chi connectivity index (χ1v) is 6.15. The van der Waals surface area contributed by atoms with Crippen LogP contribution < -0.4 is 4.74 Å². The lowest BCUT2D eigenvalue weighted by Gasteiger charge is -2.27. The minimum atomic E-state index is 0.0346. The van der Waals surface area contributed by atoms with Gasteiger partial charge < -0.3 is 14.2 Å². The Hall–Kier alpha value is -0.580. The van der Waals surface area contributed by atoms with E-state index in [2.05, 4.69) is 15.9 Å². The Morgan fingerprint density at radius 2 is 2.06 bits per heavy atom. The first-order valence-electron chi connectivity index (χ1n) is 5.35. The van der Waals surface area contributed by atoms with E-state index < -0.39 is 0 Å². The molecule has 0 aliphatic carbocycles. The second-order valence-corrected chi connectivity index (χ2v) is 4.79. The molecule has 16 heavy (non-hydrogen) atoms. The number of halogens is 1. The van der Waals surface area contributed by atoms with E-state index in [9.17, 15) is 0 Å². The Labute approximate surface area is 104 Å². The average molecular weight is 287 g/mol. The molecule has 0 N–H and O–H groups in total. The molecule has 0 saturated carbocycles. The van der Waals surface area contributed by atoms with E-state index >= 15 is 0 Å². The van der Waals surface area contributed by atoms with Gasteiger partial charge in [0.2, 0.25) is 0 Å². The van der Waals surface area contributed by atoms with Gasteiger partial charge in [0, 0.05) is 4.47 Å². The number of benzene rings is 1. The maximum Gasteiger partial charge on any atom is 0.119 e. The summed E-state index contributed by atoms with van der Waals surface area (Å²) in [6, 6.07) is 7.76. The molecule has 2 rings (SSSR count). The maximum absolute atomic E-state index is 5.67. The predicted molar refractivity (Wildman–Crippen MR) is 64.8 cm³/mol. The first kappa shape index (κ1) is 11.9. The van der Waals surface area contributed by atoms with Crippen molar-refractivity contribution in [3.05, 3.63) is 28.7 Å². The Bertz CT molecular complexity index is 326. The van der Waals surface area contributed by atoms with Crippen molar-refractivity contribution < 1.29 is 14.2 Å². The van der Waals surface area contributed by atoms with E-state index in [4.69, 9.17) is 14.2 Å². The van der Waals surface area contributed by atoms with Crippen molar-refractivity contribution in [1.29, 1.82) is 0 Å². The molecule has 1 aliphatic rings. The highest BCUT2D eigenvalue weighted by molar-refractivity contribution is 9.10. The van der Waals surface area contributed by atoms with E-state index in [0.717, 1.165) is 10.2 Å². The lowest BCUT2D eigenvalue weighted by atomic mass is 10.3. The van der Waals surface area contributed by atoms with Gasteiger partial charge in [-0.3, -0.25) is 0 Å². The third kappa shape index (κ3) is 3.47. The second kappa shape index (κ2) is 5.66. The average Bonchev–Trinajstić information content (AvgIpc) is 2.28. The van der Waals surface area contributed by atoms with Gasteiger partial charge in [-0.15, -0.1) is 0 Å². The summed E-state index contributed by atoms with van der Waals surface area (Å²) in [7, 11) is 0. The molecular formula is C12H15BrO3. The van der Waals surface area contributed by atoms with Gasteiger partial charge in [0.15, 0.2) is 0 Å². The summed E-state index contributed by atoms with van der Waals surface area (Å²) in [6.45, 7) is 3.83. The molecule has 0 aromatic heterocycles. The predicted octanol–water partition coefficient (Wildman–Crippen LogP) is 2.63. The van der Waals surface area contributed by atoms with E-state index in [-0.39, 0.29) is 12.2 Å². The Balaban J connectivity index is 1.80. The van der Waals surface area contributed by atoms with Crippen molar-refractivity contribution in [3.63, 3.8) is 0 Å². The molecule has 1 aromatic carbocycles. The van der Waals surface area contributed by atoms with Gasteiger partial charge >= 0.3 is 0 Å². The van der Waals surface area contributed by atoms with Crippen molar-refractivity contribution in [2.75, 3.05) is 19.8 Å². The molecule has 1 fully saturated rings. The van der Waals surface area contributed by atoms with Gasteiger partial charge in [0.1, 0.15) is 18.5 Å². The van der Waals surface area contributed by atoms with Gasteiger partial charge in [0.25, 0.3) is 0 Å². The molecule has 88 valence electrons. The maximum atomic E-state index is 5.67. The normalized spacial score (nSPS) is 25.4. The summed E-state index contributed by atoms with van der Waals surface area (Å²) in [5, 5.41) is 0. The van der Waals surface area contributed by atoms with E-state index in [1.165, 1.54) is 0 Å². The van der Waals surface area contributed by atoms with Gasteiger partial charge in [-0.2, -0.15) is 0 Å². The van der Waals surface area contributed by atoms with Gasteiger partial charge in [-0.05, 0) is 31.2 Å². The molecular weight excluding hydrogens is 272 g/mol. The number of hydrogen-bond donors (Lipinski definition) is 0. The van der Waals surface area contributed by atoms with Crippen molar-refractivity contribution in [3.8, 4) is 5.75 Å². The molecule has 0 radical (unpaired) electrons. The minimum Gasteiger partial charge on any atom is -0.491 e. The van der Waals surface area contributed by atoms with Crippen LogP contribution in [-0.4, -0.2) is 32.0 Å². The van der Waals surface area contributed by atoms with Crippen LogP contribution in [0.25, 0.3) is 0 Å². The smallest absolute Gasteiger partial charge is 0.119 e. The molecule has 0 amide bonds. The Kier molecular flexibility index (Phi) is 4.21. The summed E-state index contributed by atoms with van der Waals surface area (Å²) < 4.78 is 17.7. The highest BCUT2D eigenvalue weighted by Gasteiger charge is 2.20. The first-order chi connectivity index (χ1) is 7.74. The lowest BCUT2D eigenvalue weighted by molar-refractivity contribution is -0.140. The van der Waals surface area contributed by atoms with E-state index in [0.29, 0.717) is 19.8 Å². The third-order valence-electron chi connectivity index (χ3n) is 2.33. The molecule has 1 saturated heterocycles. The molecule has 2 unspecified atom stereocenters. The van der Waals surface area contributed by atoms with Gasteiger partial charge in [-0.1, -0.05) is 15.9 Å².